The number of nitrogens with one attached hydrogen (secondary N) is 1. The molecule has 1 aliphatic heterocycles. The van der Waals surface area contributed by atoms with Gasteiger partial charge in [0.05, 0.1) is 18.0 Å². The fourth-order valence-corrected chi connectivity index (χ4v) is 4.49. The lowest BCUT2D eigenvalue weighted by molar-refractivity contribution is -0.121. The number of urea groups is 1. The molecule has 4 aromatic rings. The van der Waals surface area contributed by atoms with Gasteiger partial charge in [0, 0.05) is 5.69 Å². The van der Waals surface area contributed by atoms with Gasteiger partial charge in [-0.05, 0) is 74.0 Å². The van der Waals surface area contributed by atoms with E-state index in [1.165, 1.54) is 6.08 Å². The predicted octanol–water partition coefficient (Wildman–Crippen LogP) is 5.99. The molecule has 43 heavy (non-hydrogen) atoms. The van der Waals surface area contributed by atoms with E-state index in [0.29, 0.717) is 40.7 Å². The molecule has 0 unspecified atom stereocenters. The first-order valence-corrected chi connectivity index (χ1v) is 13.7. The quantitative estimate of drug-likeness (QED) is 0.194. The lowest BCUT2D eigenvalue weighted by Crippen LogP contribution is -2.57. The maximum absolute atomic E-state index is 13.6. The lowest BCUT2D eigenvalue weighted by Gasteiger charge is -2.33. The normalized spacial score (nSPS) is 13.2. The number of hydrogen-bond acceptors (Lipinski definition) is 6. The van der Waals surface area contributed by atoms with Crippen molar-refractivity contribution in [1.82, 2.24) is 0 Å². The number of carbonyl (C=O) groups is 4. The lowest BCUT2D eigenvalue weighted by atomic mass is 10.0. The SMILES string of the molecule is CCOc1cc(C=C2C(=O)N(c3ccccc3)C(=O)N(c3ccccc3)C2=O)ccc1OCC(=O)Nc1ccc(C)cc1. The maximum Gasteiger partial charge on any atom is 0.343 e. The first kappa shape index (κ1) is 28.8. The van der Waals surface area contributed by atoms with Crippen molar-refractivity contribution in [1.29, 1.82) is 0 Å². The molecule has 0 radical (unpaired) electrons. The van der Waals surface area contributed by atoms with E-state index >= 15 is 0 Å². The van der Waals surface area contributed by atoms with Crippen molar-refractivity contribution < 1.29 is 28.7 Å². The monoisotopic (exact) mass is 575 g/mol. The standard InChI is InChI=1S/C34H29N3O6/c1-3-42-30-21-24(16-19-29(30)43-22-31(38)35-25-17-14-23(2)15-18-25)20-28-32(39)36(26-10-6-4-7-11-26)34(41)37(33(28)40)27-12-8-5-9-13-27/h4-21H,3,22H2,1-2H3,(H,35,38). The summed E-state index contributed by atoms with van der Waals surface area (Å²) in [6.07, 6.45) is 1.42. The van der Waals surface area contributed by atoms with Crippen molar-refractivity contribution in [2.45, 2.75) is 13.8 Å². The Kier molecular flexibility index (Phi) is 8.62. The summed E-state index contributed by atoms with van der Waals surface area (Å²) in [5, 5.41) is 2.78. The number of imide groups is 2. The van der Waals surface area contributed by atoms with E-state index in [0.717, 1.165) is 15.4 Å². The molecular weight excluding hydrogens is 546 g/mol. The van der Waals surface area contributed by atoms with Gasteiger partial charge in [-0.25, -0.2) is 14.6 Å². The number of aryl methyl sites for hydroxylation is 1. The second-order valence-electron chi connectivity index (χ2n) is 9.63. The Balaban J connectivity index is 1.43. The number of benzene rings is 4. The van der Waals surface area contributed by atoms with Crippen molar-refractivity contribution in [2.24, 2.45) is 0 Å². The Morgan fingerprint density at radius 3 is 1.88 bits per heavy atom. The number of carbonyl (C=O) groups excluding carboxylic acids is 4. The second-order valence-corrected chi connectivity index (χ2v) is 9.63. The van der Waals surface area contributed by atoms with Crippen molar-refractivity contribution >= 4 is 46.9 Å². The third kappa shape index (κ3) is 6.46. The summed E-state index contributed by atoms with van der Waals surface area (Å²) in [6, 6.07) is 28.3. The van der Waals surface area contributed by atoms with Crippen LogP contribution >= 0.6 is 0 Å². The molecular formula is C34H29N3O6. The molecule has 0 aliphatic carbocycles. The average molecular weight is 576 g/mol. The molecule has 1 aliphatic rings. The smallest absolute Gasteiger partial charge is 0.343 e. The largest absolute Gasteiger partial charge is 0.490 e. The summed E-state index contributed by atoms with van der Waals surface area (Å²) in [7, 11) is 0. The van der Waals surface area contributed by atoms with Crippen LogP contribution in [0.15, 0.2) is 109 Å². The first-order valence-electron chi connectivity index (χ1n) is 13.7. The first-order chi connectivity index (χ1) is 20.9. The zero-order chi connectivity index (χ0) is 30.3. The van der Waals surface area contributed by atoms with Gasteiger partial charge in [-0.1, -0.05) is 60.2 Å². The van der Waals surface area contributed by atoms with Crippen LogP contribution in [-0.4, -0.2) is 37.0 Å². The van der Waals surface area contributed by atoms with Crippen molar-refractivity contribution in [3.63, 3.8) is 0 Å². The third-order valence-corrected chi connectivity index (χ3v) is 6.55. The van der Waals surface area contributed by atoms with Gasteiger partial charge in [-0.15, -0.1) is 0 Å². The van der Waals surface area contributed by atoms with Crippen LogP contribution in [0.5, 0.6) is 11.5 Å². The van der Waals surface area contributed by atoms with Gasteiger partial charge in [0.2, 0.25) is 0 Å². The number of para-hydroxylation sites is 2. The van der Waals surface area contributed by atoms with E-state index in [1.807, 2.05) is 19.1 Å². The summed E-state index contributed by atoms with van der Waals surface area (Å²) in [5.41, 5.74) is 2.65. The summed E-state index contributed by atoms with van der Waals surface area (Å²) < 4.78 is 11.5. The van der Waals surface area contributed by atoms with Gasteiger partial charge in [0.15, 0.2) is 18.1 Å². The average Bonchev–Trinajstić information content (AvgIpc) is 3.01. The van der Waals surface area contributed by atoms with Crippen LogP contribution in [0.25, 0.3) is 6.08 Å². The minimum absolute atomic E-state index is 0.208. The van der Waals surface area contributed by atoms with E-state index in [1.54, 1.807) is 97.9 Å². The van der Waals surface area contributed by atoms with Gasteiger partial charge >= 0.3 is 6.03 Å². The molecule has 1 saturated heterocycles. The minimum Gasteiger partial charge on any atom is -0.490 e. The Bertz CT molecular complexity index is 1620. The Labute approximate surface area is 248 Å². The highest BCUT2D eigenvalue weighted by Gasteiger charge is 2.43. The topological polar surface area (TPSA) is 105 Å². The molecule has 0 aromatic heterocycles. The molecule has 216 valence electrons. The molecule has 0 spiro atoms. The molecule has 5 amide bonds. The Morgan fingerprint density at radius 1 is 0.744 bits per heavy atom. The molecule has 5 rings (SSSR count). The van der Waals surface area contributed by atoms with Crippen LogP contribution in [0, 0.1) is 6.92 Å². The highest BCUT2D eigenvalue weighted by Crippen LogP contribution is 2.32. The summed E-state index contributed by atoms with van der Waals surface area (Å²) >= 11 is 0. The molecule has 0 atom stereocenters. The second kappa shape index (κ2) is 12.9. The Morgan fingerprint density at radius 2 is 1.33 bits per heavy atom. The van der Waals surface area contributed by atoms with E-state index in [2.05, 4.69) is 5.32 Å². The number of amides is 5. The predicted molar refractivity (Wildman–Crippen MR) is 164 cm³/mol. The van der Waals surface area contributed by atoms with Crippen molar-refractivity contribution in [3.05, 3.63) is 120 Å². The van der Waals surface area contributed by atoms with Crippen LogP contribution in [-0.2, 0) is 14.4 Å². The number of hydrogen-bond donors (Lipinski definition) is 1. The molecule has 1 heterocycles. The van der Waals surface area contributed by atoms with E-state index in [4.69, 9.17) is 9.47 Å². The number of anilines is 3. The fraction of sp³-hybridized carbons (Fsp3) is 0.118. The number of rotatable bonds is 9. The van der Waals surface area contributed by atoms with Crippen LogP contribution in [0.3, 0.4) is 0 Å². The van der Waals surface area contributed by atoms with Gasteiger partial charge in [0.1, 0.15) is 5.57 Å². The van der Waals surface area contributed by atoms with Crippen molar-refractivity contribution in [2.75, 3.05) is 28.3 Å². The zero-order valence-corrected chi connectivity index (χ0v) is 23.7. The Hall–Kier alpha value is -5.70. The maximum atomic E-state index is 13.6. The number of ether oxygens (including phenoxy) is 2. The van der Waals surface area contributed by atoms with Crippen LogP contribution in [0.2, 0.25) is 0 Å². The molecule has 0 saturated carbocycles. The van der Waals surface area contributed by atoms with Gasteiger partial charge in [-0.3, -0.25) is 14.4 Å². The molecule has 1 N–H and O–H groups in total. The molecule has 0 bridgehead atoms. The molecule has 9 heteroatoms. The van der Waals surface area contributed by atoms with E-state index in [-0.39, 0.29) is 18.1 Å². The fourth-order valence-electron chi connectivity index (χ4n) is 4.49. The molecule has 4 aromatic carbocycles. The number of nitrogens with zero attached hydrogens (tertiary/aromatic N) is 2. The van der Waals surface area contributed by atoms with E-state index in [9.17, 15) is 19.2 Å². The number of barbiturate groups is 1. The highest BCUT2D eigenvalue weighted by atomic mass is 16.5. The van der Waals surface area contributed by atoms with Crippen LogP contribution < -0.4 is 24.6 Å². The zero-order valence-electron chi connectivity index (χ0n) is 23.7. The van der Waals surface area contributed by atoms with Crippen LogP contribution in [0.4, 0.5) is 21.9 Å². The molecule has 1 fully saturated rings. The van der Waals surface area contributed by atoms with E-state index < -0.39 is 17.8 Å². The van der Waals surface area contributed by atoms with Crippen molar-refractivity contribution in [3.8, 4) is 11.5 Å². The summed E-state index contributed by atoms with van der Waals surface area (Å²) in [4.78, 5) is 55.2. The minimum atomic E-state index is -0.771. The van der Waals surface area contributed by atoms with Gasteiger partial charge < -0.3 is 14.8 Å². The highest BCUT2D eigenvalue weighted by molar-refractivity contribution is 6.46. The molecule has 9 nitrogen and oxygen atoms in total. The van der Waals surface area contributed by atoms with Gasteiger partial charge in [0.25, 0.3) is 17.7 Å². The third-order valence-electron chi connectivity index (χ3n) is 6.55. The van der Waals surface area contributed by atoms with Gasteiger partial charge in [-0.2, -0.15) is 0 Å². The van der Waals surface area contributed by atoms with Crippen LogP contribution in [0.1, 0.15) is 18.1 Å². The summed E-state index contributed by atoms with van der Waals surface area (Å²) in [5.74, 6) is -1.20. The summed E-state index contributed by atoms with van der Waals surface area (Å²) in [6.45, 7) is 3.81.